The minimum Gasteiger partial charge on any atom is -0.454 e. The lowest BCUT2D eigenvalue weighted by molar-refractivity contribution is -0.150. The van der Waals surface area contributed by atoms with Crippen molar-refractivity contribution in [1.82, 2.24) is 10.6 Å². The molecular weight excluding hydrogens is 316 g/mol. The first-order chi connectivity index (χ1) is 12.2. The number of carbonyl (C=O) groups excluding carboxylic acids is 2. The van der Waals surface area contributed by atoms with Gasteiger partial charge in [0, 0.05) is 0 Å². The highest BCUT2D eigenvalue weighted by Crippen LogP contribution is 2.21. The molecule has 0 bridgehead atoms. The number of amides is 1. The van der Waals surface area contributed by atoms with Crippen molar-refractivity contribution >= 4 is 11.9 Å². The van der Waals surface area contributed by atoms with Crippen LogP contribution in [-0.4, -0.2) is 31.1 Å². The summed E-state index contributed by atoms with van der Waals surface area (Å²) in [7, 11) is 0. The maximum Gasteiger partial charge on any atom is 0.323 e. The van der Waals surface area contributed by atoms with Crippen LogP contribution < -0.4 is 10.6 Å². The lowest BCUT2D eigenvalue weighted by Gasteiger charge is -2.20. The Morgan fingerprint density at radius 2 is 1.64 bits per heavy atom. The minimum absolute atomic E-state index is 0.271. The van der Waals surface area contributed by atoms with Gasteiger partial charge in [0.2, 0.25) is 0 Å². The van der Waals surface area contributed by atoms with E-state index >= 15 is 0 Å². The SMILES string of the molecule is O=C(COC(=O)C1CCCN1)NC(c1ccccc1)c1ccccc1. The van der Waals surface area contributed by atoms with E-state index in [4.69, 9.17) is 4.74 Å². The molecule has 1 aliphatic rings. The van der Waals surface area contributed by atoms with Crippen molar-refractivity contribution in [2.45, 2.75) is 24.9 Å². The van der Waals surface area contributed by atoms with Crippen LogP contribution in [0.1, 0.15) is 30.0 Å². The fraction of sp³-hybridized carbons (Fsp3) is 0.300. The van der Waals surface area contributed by atoms with E-state index < -0.39 is 0 Å². The Hall–Kier alpha value is -2.66. The summed E-state index contributed by atoms with van der Waals surface area (Å²) in [4.78, 5) is 24.2. The number of hydrogen-bond acceptors (Lipinski definition) is 4. The van der Waals surface area contributed by atoms with Gasteiger partial charge >= 0.3 is 5.97 Å². The van der Waals surface area contributed by atoms with Crippen LogP contribution in [0, 0.1) is 0 Å². The van der Waals surface area contributed by atoms with Gasteiger partial charge in [-0.25, -0.2) is 0 Å². The summed E-state index contributed by atoms with van der Waals surface area (Å²) < 4.78 is 5.15. The molecule has 5 nitrogen and oxygen atoms in total. The van der Waals surface area contributed by atoms with Crippen molar-refractivity contribution in [3.8, 4) is 0 Å². The number of carbonyl (C=O) groups is 2. The molecule has 3 rings (SSSR count). The van der Waals surface area contributed by atoms with E-state index in [2.05, 4.69) is 10.6 Å². The molecule has 1 atom stereocenters. The van der Waals surface area contributed by atoms with E-state index in [1.165, 1.54) is 0 Å². The largest absolute Gasteiger partial charge is 0.454 e. The number of hydrogen-bond donors (Lipinski definition) is 2. The van der Waals surface area contributed by atoms with Gasteiger partial charge in [-0.2, -0.15) is 0 Å². The van der Waals surface area contributed by atoms with Crippen molar-refractivity contribution in [2.75, 3.05) is 13.2 Å². The standard InChI is InChI=1S/C20H22N2O3/c23-18(14-25-20(24)17-12-7-13-21-17)22-19(15-8-3-1-4-9-15)16-10-5-2-6-11-16/h1-6,8-11,17,19,21H,7,12-14H2,(H,22,23). The van der Waals surface area contributed by atoms with Crippen molar-refractivity contribution in [1.29, 1.82) is 0 Å². The average Bonchev–Trinajstić information content (AvgIpc) is 3.20. The van der Waals surface area contributed by atoms with Gasteiger partial charge in [0.25, 0.3) is 5.91 Å². The maximum atomic E-state index is 12.3. The zero-order valence-electron chi connectivity index (χ0n) is 14.0. The van der Waals surface area contributed by atoms with Crippen LogP contribution in [0.5, 0.6) is 0 Å². The van der Waals surface area contributed by atoms with Gasteiger partial charge in [0.05, 0.1) is 6.04 Å². The Balaban J connectivity index is 1.64. The molecule has 1 amide bonds. The molecule has 1 saturated heterocycles. The third kappa shape index (κ3) is 4.67. The Morgan fingerprint density at radius 1 is 1.04 bits per heavy atom. The average molecular weight is 338 g/mol. The molecule has 0 aromatic heterocycles. The fourth-order valence-electron chi connectivity index (χ4n) is 2.98. The fourth-order valence-corrected chi connectivity index (χ4v) is 2.98. The maximum absolute atomic E-state index is 12.3. The highest BCUT2D eigenvalue weighted by atomic mass is 16.5. The number of benzene rings is 2. The summed E-state index contributed by atoms with van der Waals surface area (Å²) >= 11 is 0. The first kappa shape index (κ1) is 17.2. The summed E-state index contributed by atoms with van der Waals surface area (Å²) in [6, 6.07) is 18.9. The Kier molecular flexibility index (Phi) is 5.80. The van der Waals surface area contributed by atoms with Crippen LogP contribution in [0.15, 0.2) is 60.7 Å². The van der Waals surface area contributed by atoms with Crippen LogP contribution >= 0.6 is 0 Å². The molecule has 1 fully saturated rings. The summed E-state index contributed by atoms with van der Waals surface area (Å²) in [5, 5.41) is 6.03. The molecule has 0 aliphatic carbocycles. The van der Waals surface area contributed by atoms with E-state index in [1.54, 1.807) is 0 Å². The summed E-state index contributed by atoms with van der Waals surface area (Å²) in [5.41, 5.74) is 1.96. The Labute approximate surface area is 147 Å². The normalized spacial score (nSPS) is 16.6. The molecule has 1 heterocycles. The van der Waals surface area contributed by atoms with Gasteiger partial charge in [-0.3, -0.25) is 9.59 Å². The molecule has 0 saturated carbocycles. The first-order valence-electron chi connectivity index (χ1n) is 8.53. The molecule has 1 aliphatic heterocycles. The number of esters is 1. The second-order valence-corrected chi connectivity index (χ2v) is 6.08. The zero-order valence-corrected chi connectivity index (χ0v) is 14.0. The van der Waals surface area contributed by atoms with Crippen LogP contribution in [0.2, 0.25) is 0 Å². The van der Waals surface area contributed by atoms with E-state index in [0.29, 0.717) is 0 Å². The zero-order chi connectivity index (χ0) is 17.5. The Bertz CT molecular complexity index is 658. The van der Waals surface area contributed by atoms with Gasteiger partial charge < -0.3 is 15.4 Å². The molecule has 2 N–H and O–H groups in total. The third-order valence-corrected chi connectivity index (χ3v) is 4.26. The highest BCUT2D eigenvalue weighted by molar-refractivity contribution is 5.83. The lowest BCUT2D eigenvalue weighted by Crippen LogP contribution is -2.37. The molecule has 2 aromatic rings. The van der Waals surface area contributed by atoms with E-state index in [0.717, 1.165) is 30.5 Å². The number of rotatable bonds is 6. The Morgan fingerprint density at radius 3 is 2.16 bits per heavy atom. The molecule has 5 heteroatoms. The van der Waals surface area contributed by atoms with Crippen molar-refractivity contribution in [3.05, 3.63) is 71.8 Å². The molecule has 0 radical (unpaired) electrons. The van der Waals surface area contributed by atoms with Crippen molar-refractivity contribution in [3.63, 3.8) is 0 Å². The number of ether oxygens (including phenoxy) is 1. The van der Waals surface area contributed by atoms with Gasteiger partial charge in [-0.15, -0.1) is 0 Å². The molecule has 2 aromatic carbocycles. The van der Waals surface area contributed by atoms with E-state index in [9.17, 15) is 9.59 Å². The quantitative estimate of drug-likeness (QED) is 0.793. The van der Waals surface area contributed by atoms with Crippen molar-refractivity contribution in [2.24, 2.45) is 0 Å². The lowest BCUT2D eigenvalue weighted by atomic mass is 9.99. The second-order valence-electron chi connectivity index (χ2n) is 6.08. The number of nitrogens with one attached hydrogen (secondary N) is 2. The summed E-state index contributed by atoms with van der Waals surface area (Å²) in [6.07, 6.45) is 1.72. The predicted molar refractivity (Wildman–Crippen MR) is 94.9 cm³/mol. The molecule has 130 valence electrons. The monoisotopic (exact) mass is 338 g/mol. The van der Waals surface area contributed by atoms with Gasteiger partial charge in [0.1, 0.15) is 6.04 Å². The summed E-state index contributed by atoms with van der Waals surface area (Å²) in [5.74, 6) is -0.673. The van der Waals surface area contributed by atoms with Crippen molar-refractivity contribution < 1.29 is 14.3 Å². The van der Waals surface area contributed by atoms with E-state index in [-0.39, 0.29) is 30.6 Å². The predicted octanol–water partition coefficient (Wildman–Crippen LogP) is 2.19. The second kappa shape index (κ2) is 8.44. The molecule has 25 heavy (non-hydrogen) atoms. The summed E-state index contributed by atoms with van der Waals surface area (Å²) in [6.45, 7) is 0.545. The molecule has 1 unspecified atom stereocenters. The van der Waals surface area contributed by atoms with Crippen LogP contribution in [-0.2, 0) is 14.3 Å². The van der Waals surface area contributed by atoms with Gasteiger partial charge in [0.15, 0.2) is 6.61 Å². The van der Waals surface area contributed by atoms with E-state index in [1.807, 2.05) is 60.7 Å². The molecule has 0 spiro atoms. The van der Waals surface area contributed by atoms with Gasteiger partial charge in [-0.1, -0.05) is 60.7 Å². The highest BCUT2D eigenvalue weighted by Gasteiger charge is 2.24. The van der Waals surface area contributed by atoms with Gasteiger partial charge in [-0.05, 0) is 30.5 Å². The minimum atomic E-state index is -0.358. The van der Waals surface area contributed by atoms with Crippen LogP contribution in [0.25, 0.3) is 0 Å². The first-order valence-corrected chi connectivity index (χ1v) is 8.53. The smallest absolute Gasteiger partial charge is 0.323 e. The van der Waals surface area contributed by atoms with Crippen LogP contribution in [0.3, 0.4) is 0 Å². The van der Waals surface area contributed by atoms with Crippen LogP contribution in [0.4, 0.5) is 0 Å². The molecular formula is C20H22N2O3. The topological polar surface area (TPSA) is 67.4 Å². The third-order valence-electron chi connectivity index (χ3n) is 4.26.